The van der Waals surface area contributed by atoms with Crippen molar-refractivity contribution in [2.45, 2.75) is 32.7 Å². The summed E-state index contributed by atoms with van der Waals surface area (Å²) in [6, 6.07) is 0. The standard InChI is InChI=1S/C8H16O3/c1-3-8-10-5-7(6-11-8)9-4-2/h7-8H,3-6H2,1-2H3. The maximum Gasteiger partial charge on any atom is 0.157 e. The van der Waals surface area contributed by atoms with Gasteiger partial charge in [-0.2, -0.15) is 0 Å². The maximum atomic E-state index is 5.35. The summed E-state index contributed by atoms with van der Waals surface area (Å²) < 4.78 is 16.0. The molecule has 1 aliphatic rings. The quantitative estimate of drug-likeness (QED) is 0.620. The van der Waals surface area contributed by atoms with Crippen LogP contribution in [0.1, 0.15) is 20.3 Å². The summed E-state index contributed by atoms with van der Waals surface area (Å²) in [6.07, 6.45) is 1.05. The van der Waals surface area contributed by atoms with Gasteiger partial charge in [0.05, 0.1) is 13.2 Å². The minimum absolute atomic E-state index is 0.00768. The fourth-order valence-corrected chi connectivity index (χ4v) is 1.09. The molecule has 1 fully saturated rings. The van der Waals surface area contributed by atoms with Crippen molar-refractivity contribution in [1.29, 1.82) is 0 Å². The van der Waals surface area contributed by atoms with Gasteiger partial charge in [-0.05, 0) is 13.3 Å². The monoisotopic (exact) mass is 160 g/mol. The average Bonchev–Trinajstić information content (AvgIpc) is 2.07. The van der Waals surface area contributed by atoms with Crippen molar-refractivity contribution in [3.63, 3.8) is 0 Å². The number of hydrogen-bond donors (Lipinski definition) is 0. The van der Waals surface area contributed by atoms with Crippen molar-refractivity contribution in [2.75, 3.05) is 19.8 Å². The third kappa shape index (κ3) is 2.77. The van der Waals surface area contributed by atoms with E-state index in [-0.39, 0.29) is 12.4 Å². The zero-order valence-corrected chi connectivity index (χ0v) is 7.21. The SMILES string of the molecule is CCOC1COC(CC)OC1. The zero-order valence-electron chi connectivity index (χ0n) is 7.21. The van der Waals surface area contributed by atoms with E-state index in [1.807, 2.05) is 13.8 Å². The van der Waals surface area contributed by atoms with Crippen molar-refractivity contribution in [1.82, 2.24) is 0 Å². The normalized spacial score (nSPS) is 32.2. The van der Waals surface area contributed by atoms with Crippen LogP contribution in [0.3, 0.4) is 0 Å². The van der Waals surface area contributed by atoms with E-state index in [0.29, 0.717) is 13.2 Å². The molecule has 0 aliphatic carbocycles. The van der Waals surface area contributed by atoms with Crippen LogP contribution in [0.15, 0.2) is 0 Å². The smallest absolute Gasteiger partial charge is 0.157 e. The van der Waals surface area contributed by atoms with E-state index in [1.165, 1.54) is 0 Å². The Hall–Kier alpha value is -0.120. The van der Waals surface area contributed by atoms with Crippen LogP contribution < -0.4 is 0 Å². The lowest BCUT2D eigenvalue weighted by Gasteiger charge is -2.28. The molecule has 0 aromatic carbocycles. The van der Waals surface area contributed by atoms with Crippen LogP contribution in [0.2, 0.25) is 0 Å². The predicted molar refractivity (Wildman–Crippen MR) is 41.4 cm³/mol. The molecular weight excluding hydrogens is 144 g/mol. The molecule has 1 rings (SSSR count). The molecule has 1 aliphatic heterocycles. The van der Waals surface area contributed by atoms with E-state index >= 15 is 0 Å². The average molecular weight is 160 g/mol. The highest BCUT2D eigenvalue weighted by Crippen LogP contribution is 2.10. The molecule has 0 aromatic rings. The van der Waals surface area contributed by atoms with E-state index < -0.39 is 0 Å². The van der Waals surface area contributed by atoms with E-state index in [9.17, 15) is 0 Å². The van der Waals surface area contributed by atoms with Gasteiger partial charge in [-0.15, -0.1) is 0 Å². The van der Waals surface area contributed by atoms with Crippen LogP contribution >= 0.6 is 0 Å². The van der Waals surface area contributed by atoms with Crippen molar-refractivity contribution >= 4 is 0 Å². The highest BCUT2D eigenvalue weighted by Gasteiger charge is 2.20. The summed E-state index contributed by atoms with van der Waals surface area (Å²) in [5, 5.41) is 0. The van der Waals surface area contributed by atoms with E-state index in [4.69, 9.17) is 14.2 Å². The van der Waals surface area contributed by atoms with Gasteiger partial charge in [0.25, 0.3) is 0 Å². The van der Waals surface area contributed by atoms with Crippen LogP contribution in [-0.2, 0) is 14.2 Å². The Morgan fingerprint density at radius 2 is 1.91 bits per heavy atom. The van der Waals surface area contributed by atoms with Gasteiger partial charge >= 0.3 is 0 Å². The Morgan fingerprint density at radius 1 is 1.27 bits per heavy atom. The Balaban J connectivity index is 2.14. The van der Waals surface area contributed by atoms with E-state index in [2.05, 4.69) is 0 Å². The lowest BCUT2D eigenvalue weighted by Crippen LogP contribution is -2.36. The fraction of sp³-hybridized carbons (Fsp3) is 1.00. The first-order valence-electron chi connectivity index (χ1n) is 4.21. The predicted octanol–water partition coefficient (Wildman–Crippen LogP) is 1.17. The number of rotatable bonds is 3. The number of hydrogen-bond acceptors (Lipinski definition) is 3. The lowest BCUT2D eigenvalue weighted by atomic mass is 10.3. The van der Waals surface area contributed by atoms with Gasteiger partial charge < -0.3 is 14.2 Å². The molecule has 1 heterocycles. The van der Waals surface area contributed by atoms with Crippen LogP contribution in [0.25, 0.3) is 0 Å². The third-order valence-electron chi connectivity index (χ3n) is 1.67. The molecule has 0 aromatic heterocycles. The Kier molecular flexibility index (Phi) is 3.83. The summed E-state index contributed by atoms with van der Waals surface area (Å²) in [6.45, 7) is 6.10. The third-order valence-corrected chi connectivity index (χ3v) is 1.67. The second-order valence-corrected chi connectivity index (χ2v) is 2.58. The molecule has 1 saturated heterocycles. The Bertz CT molecular complexity index is 97.5. The molecule has 0 atom stereocenters. The summed E-state index contributed by atoms with van der Waals surface area (Å²) in [5.74, 6) is 0. The molecule has 0 amide bonds. The first-order valence-corrected chi connectivity index (χ1v) is 4.21. The molecule has 0 saturated carbocycles. The first-order chi connectivity index (χ1) is 5.36. The molecule has 66 valence electrons. The second kappa shape index (κ2) is 4.70. The highest BCUT2D eigenvalue weighted by atomic mass is 16.7. The molecule has 0 spiro atoms. The summed E-state index contributed by atoms with van der Waals surface area (Å²) in [4.78, 5) is 0. The van der Waals surface area contributed by atoms with Gasteiger partial charge in [-0.3, -0.25) is 0 Å². The Labute approximate surface area is 67.6 Å². The van der Waals surface area contributed by atoms with Gasteiger partial charge in [0.2, 0.25) is 0 Å². The second-order valence-electron chi connectivity index (χ2n) is 2.58. The van der Waals surface area contributed by atoms with Gasteiger partial charge in [-0.25, -0.2) is 0 Å². The van der Waals surface area contributed by atoms with Crippen LogP contribution in [0, 0.1) is 0 Å². The largest absolute Gasteiger partial charge is 0.374 e. The van der Waals surface area contributed by atoms with Gasteiger partial charge in [0.15, 0.2) is 6.29 Å². The topological polar surface area (TPSA) is 27.7 Å². The lowest BCUT2D eigenvalue weighted by molar-refractivity contribution is -0.225. The van der Waals surface area contributed by atoms with Crippen molar-refractivity contribution in [3.05, 3.63) is 0 Å². The van der Waals surface area contributed by atoms with Gasteiger partial charge in [0.1, 0.15) is 6.10 Å². The van der Waals surface area contributed by atoms with Gasteiger partial charge in [0, 0.05) is 6.61 Å². The fourth-order valence-electron chi connectivity index (χ4n) is 1.09. The van der Waals surface area contributed by atoms with E-state index in [1.54, 1.807) is 0 Å². The number of ether oxygens (including phenoxy) is 3. The van der Waals surface area contributed by atoms with Crippen LogP contribution in [0.4, 0.5) is 0 Å². The minimum atomic E-state index is -0.00768. The summed E-state index contributed by atoms with van der Waals surface area (Å²) in [5.41, 5.74) is 0. The van der Waals surface area contributed by atoms with Crippen LogP contribution in [0.5, 0.6) is 0 Å². The molecule has 3 nitrogen and oxygen atoms in total. The van der Waals surface area contributed by atoms with E-state index in [0.717, 1.165) is 13.0 Å². The van der Waals surface area contributed by atoms with Crippen molar-refractivity contribution < 1.29 is 14.2 Å². The highest BCUT2D eigenvalue weighted by molar-refractivity contribution is 4.61. The molecule has 11 heavy (non-hydrogen) atoms. The van der Waals surface area contributed by atoms with Gasteiger partial charge in [-0.1, -0.05) is 6.92 Å². The molecule has 0 radical (unpaired) electrons. The van der Waals surface area contributed by atoms with Crippen LogP contribution in [-0.4, -0.2) is 32.2 Å². The molecule has 0 N–H and O–H groups in total. The summed E-state index contributed by atoms with van der Waals surface area (Å²) >= 11 is 0. The molecule has 3 heteroatoms. The molecule has 0 unspecified atom stereocenters. The minimum Gasteiger partial charge on any atom is -0.374 e. The first kappa shape index (κ1) is 8.97. The zero-order chi connectivity index (χ0) is 8.10. The maximum absolute atomic E-state index is 5.35. The Morgan fingerprint density at radius 3 is 2.36 bits per heavy atom. The molecular formula is C8H16O3. The van der Waals surface area contributed by atoms with Crippen molar-refractivity contribution in [2.24, 2.45) is 0 Å². The summed E-state index contributed by atoms with van der Waals surface area (Å²) in [7, 11) is 0. The molecule has 0 bridgehead atoms. The van der Waals surface area contributed by atoms with Crippen molar-refractivity contribution in [3.8, 4) is 0 Å².